The van der Waals surface area contributed by atoms with E-state index in [2.05, 4.69) is 5.10 Å². The summed E-state index contributed by atoms with van der Waals surface area (Å²) in [5.74, 6) is 1.24. The normalized spacial score (nSPS) is 10.8. The van der Waals surface area contributed by atoms with Crippen LogP contribution < -0.4 is 4.74 Å². The molecule has 0 saturated carbocycles. The topological polar surface area (TPSA) is 47.3 Å². The quantitative estimate of drug-likeness (QED) is 0.885. The van der Waals surface area contributed by atoms with Gasteiger partial charge in [0.2, 0.25) is 0 Å². The van der Waals surface area contributed by atoms with Crippen molar-refractivity contribution in [2.45, 2.75) is 19.8 Å². The smallest absolute Gasteiger partial charge is 0.157 e. The van der Waals surface area contributed by atoms with Crippen LogP contribution in [0.3, 0.4) is 0 Å². The first-order valence-corrected chi connectivity index (χ1v) is 5.54. The lowest BCUT2D eigenvalue weighted by Gasteiger charge is -2.03. The number of nitrogens with zero attached hydrogens (tertiary/aromatic N) is 2. The summed E-state index contributed by atoms with van der Waals surface area (Å²) in [6, 6.07) is 7.52. The zero-order chi connectivity index (χ0) is 12.4. The third-order valence-electron chi connectivity index (χ3n) is 2.61. The van der Waals surface area contributed by atoms with Gasteiger partial charge in [0.05, 0.1) is 19.0 Å². The molecule has 0 aliphatic carbocycles. The molecule has 0 atom stereocenters. The summed E-state index contributed by atoms with van der Waals surface area (Å²) in [4.78, 5) is 0. The molecule has 4 heteroatoms. The number of aromatic nitrogens is 2. The van der Waals surface area contributed by atoms with E-state index < -0.39 is 0 Å². The summed E-state index contributed by atoms with van der Waals surface area (Å²) in [6.45, 7) is 4.00. The van der Waals surface area contributed by atoms with Gasteiger partial charge in [0.25, 0.3) is 0 Å². The minimum atomic E-state index is 0.203. The number of aromatic hydroxyl groups is 1. The van der Waals surface area contributed by atoms with Crippen molar-refractivity contribution in [1.82, 2.24) is 9.78 Å². The minimum absolute atomic E-state index is 0.203. The molecule has 0 saturated heterocycles. The van der Waals surface area contributed by atoms with Crippen LogP contribution in [0.15, 0.2) is 30.5 Å². The largest absolute Gasteiger partial charge is 0.504 e. The zero-order valence-electron chi connectivity index (χ0n) is 10.2. The second-order valence-corrected chi connectivity index (χ2v) is 4.20. The highest BCUT2D eigenvalue weighted by molar-refractivity contribution is 5.39. The fraction of sp³-hybridized carbons (Fsp3) is 0.308. The van der Waals surface area contributed by atoms with Gasteiger partial charge in [-0.3, -0.25) is 0 Å². The Hall–Kier alpha value is -1.97. The van der Waals surface area contributed by atoms with E-state index in [1.54, 1.807) is 18.0 Å². The third kappa shape index (κ3) is 2.25. The monoisotopic (exact) mass is 232 g/mol. The second-order valence-electron chi connectivity index (χ2n) is 4.20. The highest BCUT2D eigenvalue weighted by Gasteiger charge is 2.12. The van der Waals surface area contributed by atoms with Gasteiger partial charge >= 0.3 is 0 Å². The van der Waals surface area contributed by atoms with Crippen molar-refractivity contribution < 1.29 is 9.84 Å². The summed E-state index contributed by atoms with van der Waals surface area (Å²) in [5.41, 5.74) is 1.61. The first-order chi connectivity index (χ1) is 8.11. The van der Waals surface area contributed by atoms with Gasteiger partial charge in [0, 0.05) is 5.92 Å². The molecule has 0 bridgehead atoms. The number of benzene rings is 1. The minimum Gasteiger partial charge on any atom is -0.504 e. The summed E-state index contributed by atoms with van der Waals surface area (Å²) < 4.78 is 6.76. The Bertz CT molecular complexity index is 501. The van der Waals surface area contributed by atoms with Crippen LogP contribution in [0.25, 0.3) is 5.69 Å². The van der Waals surface area contributed by atoms with Crippen molar-refractivity contribution in [2.24, 2.45) is 0 Å². The molecule has 1 N–H and O–H groups in total. The Balaban J connectivity index is 2.36. The third-order valence-corrected chi connectivity index (χ3v) is 2.61. The molecule has 4 nitrogen and oxygen atoms in total. The van der Waals surface area contributed by atoms with Gasteiger partial charge in [-0.2, -0.15) is 5.10 Å². The first-order valence-electron chi connectivity index (χ1n) is 5.54. The van der Waals surface area contributed by atoms with Gasteiger partial charge in [-0.05, 0) is 24.3 Å². The maximum Gasteiger partial charge on any atom is 0.157 e. The molecule has 1 heterocycles. The molecular formula is C13H16N2O2. The number of rotatable bonds is 3. The molecular weight excluding hydrogens is 216 g/mol. The van der Waals surface area contributed by atoms with Crippen LogP contribution in [0.4, 0.5) is 0 Å². The van der Waals surface area contributed by atoms with Crippen molar-refractivity contribution >= 4 is 0 Å². The van der Waals surface area contributed by atoms with Crippen LogP contribution in [-0.2, 0) is 0 Å². The van der Waals surface area contributed by atoms with Crippen molar-refractivity contribution in [3.05, 3.63) is 36.2 Å². The average molecular weight is 232 g/mol. The van der Waals surface area contributed by atoms with Gasteiger partial charge in [-0.15, -0.1) is 0 Å². The van der Waals surface area contributed by atoms with Gasteiger partial charge < -0.3 is 9.84 Å². The standard InChI is InChI=1S/C13H16N2O2/c1-9(2)13-12(16)8-15(14-13)10-4-6-11(17-3)7-5-10/h4-9,16H,1-3H3. The van der Waals surface area contributed by atoms with E-state index in [9.17, 15) is 5.11 Å². The molecule has 1 aromatic heterocycles. The molecule has 0 fully saturated rings. The number of ether oxygens (including phenoxy) is 1. The van der Waals surface area contributed by atoms with Gasteiger partial charge in [0.1, 0.15) is 11.4 Å². The van der Waals surface area contributed by atoms with Gasteiger partial charge in [-0.1, -0.05) is 13.8 Å². The average Bonchev–Trinajstić information content (AvgIpc) is 2.71. The lowest BCUT2D eigenvalue weighted by atomic mass is 10.1. The second kappa shape index (κ2) is 4.49. The Morgan fingerprint density at radius 2 is 1.88 bits per heavy atom. The van der Waals surface area contributed by atoms with E-state index in [1.807, 2.05) is 38.1 Å². The van der Waals surface area contributed by atoms with Crippen LogP contribution in [0.1, 0.15) is 25.5 Å². The summed E-state index contributed by atoms with van der Waals surface area (Å²) in [5, 5.41) is 14.1. The predicted molar refractivity (Wildman–Crippen MR) is 65.9 cm³/mol. The van der Waals surface area contributed by atoms with Crippen molar-refractivity contribution in [3.63, 3.8) is 0 Å². The highest BCUT2D eigenvalue weighted by atomic mass is 16.5. The van der Waals surface area contributed by atoms with E-state index in [0.717, 1.165) is 11.4 Å². The molecule has 2 rings (SSSR count). The van der Waals surface area contributed by atoms with E-state index in [-0.39, 0.29) is 11.7 Å². The Labute approximate surface area is 100 Å². The maximum absolute atomic E-state index is 9.76. The molecule has 90 valence electrons. The lowest BCUT2D eigenvalue weighted by molar-refractivity contribution is 0.414. The molecule has 0 spiro atoms. The Kier molecular flexibility index (Phi) is 3.04. The van der Waals surface area contributed by atoms with Crippen molar-refractivity contribution in [1.29, 1.82) is 0 Å². The van der Waals surface area contributed by atoms with Crippen LogP contribution in [0, 0.1) is 0 Å². The Morgan fingerprint density at radius 3 is 2.35 bits per heavy atom. The van der Waals surface area contributed by atoms with Gasteiger partial charge in [0.15, 0.2) is 5.75 Å². The first kappa shape index (κ1) is 11.5. The van der Waals surface area contributed by atoms with Crippen LogP contribution in [0.5, 0.6) is 11.5 Å². The van der Waals surface area contributed by atoms with E-state index >= 15 is 0 Å². The molecule has 0 aliphatic rings. The van der Waals surface area contributed by atoms with Crippen molar-refractivity contribution in [3.8, 4) is 17.2 Å². The molecule has 0 unspecified atom stereocenters. The zero-order valence-corrected chi connectivity index (χ0v) is 10.2. The molecule has 0 radical (unpaired) electrons. The van der Waals surface area contributed by atoms with E-state index in [0.29, 0.717) is 5.69 Å². The fourth-order valence-corrected chi connectivity index (χ4v) is 1.66. The number of hydrogen-bond acceptors (Lipinski definition) is 3. The summed E-state index contributed by atoms with van der Waals surface area (Å²) in [7, 11) is 1.63. The molecule has 1 aromatic carbocycles. The predicted octanol–water partition coefficient (Wildman–Crippen LogP) is 2.71. The SMILES string of the molecule is COc1ccc(-n2cc(O)c(C(C)C)n2)cc1. The fourth-order valence-electron chi connectivity index (χ4n) is 1.66. The Morgan fingerprint density at radius 1 is 1.24 bits per heavy atom. The van der Waals surface area contributed by atoms with Gasteiger partial charge in [-0.25, -0.2) is 4.68 Å². The van der Waals surface area contributed by atoms with Crippen molar-refractivity contribution in [2.75, 3.05) is 7.11 Å². The lowest BCUT2D eigenvalue weighted by Crippen LogP contribution is -1.97. The molecule has 0 amide bonds. The highest BCUT2D eigenvalue weighted by Crippen LogP contribution is 2.25. The van der Waals surface area contributed by atoms with E-state index in [4.69, 9.17) is 4.74 Å². The number of methoxy groups -OCH3 is 1. The summed E-state index contributed by atoms with van der Waals surface area (Å²) in [6.07, 6.45) is 1.62. The molecule has 0 aliphatic heterocycles. The van der Waals surface area contributed by atoms with Crippen LogP contribution in [0.2, 0.25) is 0 Å². The van der Waals surface area contributed by atoms with Crippen LogP contribution in [-0.4, -0.2) is 22.0 Å². The van der Waals surface area contributed by atoms with E-state index in [1.165, 1.54) is 0 Å². The number of hydrogen-bond donors (Lipinski definition) is 1. The molecule has 17 heavy (non-hydrogen) atoms. The maximum atomic E-state index is 9.76. The van der Waals surface area contributed by atoms with Crippen LogP contribution >= 0.6 is 0 Å². The molecule has 2 aromatic rings. The summed E-state index contributed by atoms with van der Waals surface area (Å²) >= 11 is 0.